The van der Waals surface area contributed by atoms with Gasteiger partial charge >= 0.3 is 5.63 Å². The number of likely N-dealkylation sites (tertiary alicyclic amines) is 1. The molecule has 1 amide bonds. The highest BCUT2D eigenvalue weighted by Gasteiger charge is 2.50. The van der Waals surface area contributed by atoms with Crippen LogP contribution in [0.25, 0.3) is 11.0 Å². The molecule has 1 saturated heterocycles. The molecule has 3 aromatic rings. The second-order valence-corrected chi connectivity index (χ2v) is 10.3. The summed E-state index contributed by atoms with van der Waals surface area (Å²) in [7, 11) is 0. The van der Waals surface area contributed by atoms with E-state index in [0.717, 1.165) is 42.2 Å². The number of ether oxygens (including phenoxy) is 1. The van der Waals surface area contributed by atoms with E-state index in [0.29, 0.717) is 34.9 Å². The van der Waals surface area contributed by atoms with Gasteiger partial charge in [-0.1, -0.05) is 36.6 Å². The smallest absolute Gasteiger partial charge is 0.339 e. The highest BCUT2D eigenvalue weighted by atomic mass is 35.5. The second kappa shape index (κ2) is 9.32. The Balaban J connectivity index is 1.39. The van der Waals surface area contributed by atoms with Crippen LogP contribution in [0, 0.1) is 19.8 Å². The van der Waals surface area contributed by atoms with Gasteiger partial charge in [-0.2, -0.15) is 0 Å². The summed E-state index contributed by atoms with van der Waals surface area (Å²) in [5.41, 5.74) is 1.74. The average molecular weight is 496 g/mol. The molecule has 6 nitrogen and oxygen atoms in total. The Morgan fingerprint density at radius 2 is 1.91 bits per heavy atom. The summed E-state index contributed by atoms with van der Waals surface area (Å²) in [6, 6.07) is 12.6. The number of amides is 1. The fraction of sp³-hybridized carbons (Fsp3) is 0.429. The van der Waals surface area contributed by atoms with Crippen LogP contribution in [0.4, 0.5) is 0 Å². The second-order valence-electron chi connectivity index (χ2n) is 9.88. The summed E-state index contributed by atoms with van der Waals surface area (Å²) >= 11 is 6.12. The zero-order chi connectivity index (χ0) is 24.7. The van der Waals surface area contributed by atoms with Gasteiger partial charge in [0.25, 0.3) is 5.91 Å². The van der Waals surface area contributed by atoms with Gasteiger partial charge in [0.1, 0.15) is 11.3 Å². The molecular weight excluding hydrogens is 466 g/mol. The van der Waals surface area contributed by atoms with Crippen LogP contribution in [-0.4, -0.2) is 34.7 Å². The monoisotopic (exact) mass is 495 g/mol. The van der Waals surface area contributed by atoms with Gasteiger partial charge in [0.15, 0.2) is 6.61 Å². The largest absolute Gasteiger partial charge is 0.484 e. The van der Waals surface area contributed by atoms with E-state index in [1.807, 2.05) is 42.2 Å². The van der Waals surface area contributed by atoms with Crippen LogP contribution in [-0.2, 0) is 4.79 Å². The first-order chi connectivity index (χ1) is 16.8. The predicted octanol–water partition coefficient (Wildman–Crippen LogP) is 5.34. The summed E-state index contributed by atoms with van der Waals surface area (Å²) in [4.78, 5) is 27.4. The number of benzene rings is 2. The van der Waals surface area contributed by atoms with Gasteiger partial charge in [-0.05, 0) is 68.5 Å². The van der Waals surface area contributed by atoms with E-state index in [4.69, 9.17) is 20.8 Å². The van der Waals surface area contributed by atoms with Crippen molar-refractivity contribution in [2.45, 2.75) is 57.6 Å². The van der Waals surface area contributed by atoms with Crippen molar-refractivity contribution in [1.82, 2.24) is 4.90 Å². The third kappa shape index (κ3) is 4.45. The minimum atomic E-state index is -0.758. The molecule has 0 radical (unpaired) electrons. The maximum absolute atomic E-state index is 13.4. The number of nitrogens with zero attached hydrogens (tertiary/aromatic N) is 1. The van der Waals surface area contributed by atoms with Gasteiger partial charge in [-0.3, -0.25) is 4.79 Å². The quantitative estimate of drug-likeness (QED) is 0.494. The number of carbonyl (C=O) groups excluding carboxylic acids is 1. The summed E-state index contributed by atoms with van der Waals surface area (Å²) in [6.07, 6.45) is 4.25. The lowest BCUT2D eigenvalue weighted by atomic mass is 9.66. The zero-order valence-corrected chi connectivity index (χ0v) is 20.8. The van der Waals surface area contributed by atoms with Crippen molar-refractivity contribution >= 4 is 28.5 Å². The first kappa shape index (κ1) is 23.9. The Morgan fingerprint density at radius 1 is 1.14 bits per heavy atom. The molecule has 0 bridgehead atoms. The van der Waals surface area contributed by atoms with Crippen LogP contribution in [0.2, 0.25) is 5.02 Å². The molecule has 184 valence electrons. The molecule has 35 heavy (non-hydrogen) atoms. The number of fused-ring (bicyclic) bond motifs is 2. The van der Waals surface area contributed by atoms with Crippen LogP contribution < -0.4 is 10.4 Å². The standard InChI is InChI=1S/C28H30ClNO5/c1-17-18(2)27(32)35-24-15-21(10-11-22(17)24)34-16-25(31)30-14-13-28(33)12-4-3-5-23(28)26(30)19-6-8-20(29)9-7-19/h6-11,15,23,26,33H,3-5,12-14,16H2,1-2H3/t23-,26+,28-/m1/s1. The molecule has 1 N–H and O–H groups in total. The molecule has 0 spiro atoms. The molecular formula is C28H30ClNO5. The van der Waals surface area contributed by atoms with E-state index >= 15 is 0 Å². The normalized spacial score (nSPS) is 24.3. The summed E-state index contributed by atoms with van der Waals surface area (Å²) < 4.78 is 11.3. The lowest BCUT2D eigenvalue weighted by Gasteiger charge is -2.52. The highest BCUT2D eigenvalue weighted by Crippen LogP contribution is 2.49. The fourth-order valence-electron chi connectivity index (χ4n) is 5.78. The Labute approximate surface area is 209 Å². The lowest BCUT2D eigenvalue weighted by molar-refractivity contribution is -0.157. The Kier molecular flexibility index (Phi) is 6.36. The minimum Gasteiger partial charge on any atom is -0.484 e. The van der Waals surface area contributed by atoms with Crippen LogP contribution >= 0.6 is 11.6 Å². The Morgan fingerprint density at radius 3 is 2.69 bits per heavy atom. The van der Waals surface area contributed by atoms with E-state index in [1.54, 1.807) is 19.1 Å². The number of aryl methyl sites for hydroxylation is 1. The van der Waals surface area contributed by atoms with E-state index in [2.05, 4.69) is 0 Å². The zero-order valence-electron chi connectivity index (χ0n) is 20.1. The van der Waals surface area contributed by atoms with Crippen molar-refractivity contribution in [3.05, 3.63) is 74.6 Å². The molecule has 2 fully saturated rings. The van der Waals surface area contributed by atoms with Gasteiger partial charge in [-0.25, -0.2) is 4.79 Å². The molecule has 1 aliphatic heterocycles. The third-order valence-corrected chi connectivity index (χ3v) is 8.14. The van der Waals surface area contributed by atoms with Gasteiger partial charge in [0.2, 0.25) is 0 Å². The SMILES string of the molecule is Cc1c(C)c2ccc(OCC(=O)N3CC[C@]4(O)CCCC[C@@H]4[C@@H]3c3ccc(Cl)cc3)cc2oc1=O. The van der Waals surface area contributed by atoms with E-state index in [1.165, 1.54) is 0 Å². The molecule has 2 aliphatic rings. The van der Waals surface area contributed by atoms with Crippen LogP contribution in [0.1, 0.15) is 54.8 Å². The summed E-state index contributed by atoms with van der Waals surface area (Å²) in [5.74, 6) is 0.293. The van der Waals surface area contributed by atoms with Crippen molar-refractivity contribution < 1.29 is 19.1 Å². The van der Waals surface area contributed by atoms with E-state index < -0.39 is 5.60 Å². The van der Waals surface area contributed by atoms with Crippen LogP contribution in [0.5, 0.6) is 5.75 Å². The van der Waals surface area contributed by atoms with E-state index in [-0.39, 0.29) is 30.1 Å². The van der Waals surface area contributed by atoms with Crippen molar-refractivity contribution in [1.29, 1.82) is 0 Å². The van der Waals surface area contributed by atoms with Crippen molar-refractivity contribution in [3.8, 4) is 5.75 Å². The van der Waals surface area contributed by atoms with Crippen LogP contribution in [0.15, 0.2) is 51.7 Å². The van der Waals surface area contributed by atoms with Crippen molar-refractivity contribution in [2.75, 3.05) is 13.2 Å². The maximum Gasteiger partial charge on any atom is 0.339 e. The Bertz CT molecular complexity index is 1320. The molecule has 1 saturated carbocycles. The number of piperidine rings is 1. The summed E-state index contributed by atoms with van der Waals surface area (Å²) in [5, 5.41) is 12.9. The minimum absolute atomic E-state index is 0.0312. The molecule has 2 aromatic carbocycles. The number of hydrogen-bond donors (Lipinski definition) is 1. The first-order valence-corrected chi connectivity index (χ1v) is 12.6. The maximum atomic E-state index is 13.4. The number of rotatable bonds is 4. The van der Waals surface area contributed by atoms with Gasteiger partial charge in [-0.15, -0.1) is 0 Å². The molecule has 0 unspecified atom stereocenters. The highest BCUT2D eigenvalue weighted by molar-refractivity contribution is 6.30. The van der Waals surface area contributed by atoms with Gasteiger partial charge < -0.3 is 19.2 Å². The summed E-state index contributed by atoms with van der Waals surface area (Å²) in [6.45, 7) is 3.95. The van der Waals surface area contributed by atoms with Gasteiger partial charge in [0, 0.05) is 34.5 Å². The predicted molar refractivity (Wildman–Crippen MR) is 135 cm³/mol. The molecule has 7 heteroatoms. The van der Waals surface area contributed by atoms with Crippen molar-refractivity contribution in [2.24, 2.45) is 5.92 Å². The third-order valence-electron chi connectivity index (χ3n) is 7.89. The van der Waals surface area contributed by atoms with Gasteiger partial charge in [0.05, 0.1) is 11.6 Å². The number of halogens is 1. The lowest BCUT2D eigenvalue weighted by Crippen LogP contribution is -2.56. The number of carbonyl (C=O) groups is 1. The number of hydrogen-bond acceptors (Lipinski definition) is 5. The first-order valence-electron chi connectivity index (χ1n) is 12.2. The number of aliphatic hydroxyl groups is 1. The Hall–Kier alpha value is -2.83. The molecule has 5 rings (SSSR count). The molecule has 3 atom stereocenters. The van der Waals surface area contributed by atoms with Crippen LogP contribution in [0.3, 0.4) is 0 Å². The molecule has 2 heterocycles. The average Bonchev–Trinajstić information content (AvgIpc) is 2.85. The molecule has 1 aromatic heterocycles. The topological polar surface area (TPSA) is 80.0 Å². The fourth-order valence-corrected chi connectivity index (χ4v) is 5.91. The van der Waals surface area contributed by atoms with E-state index in [9.17, 15) is 14.7 Å². The van der Waals surface area contributed by atoms with Crippen molar-refractivity contribution in [3.63, 3.8) is 0 Å². The molecule has 1 aliphatic carbocycles.